The summed E-state index contributed by atoms with van der Waals surface area (Å²) in [6.07, 6.45) is 4.30. The molecule has 3 nitrogen and oxygen atoms in total. The van der Waals surface area contributed by atoms with Gasteiger partial charge in [0.15, 0.2) is 0 Å². The first-order valence-corrected chi connectivity index (χ1v) is 7.84. The second-order valence-electron chi connectivity index (χ2n) is 5.48. The van der Waals surface area contributed by atoms with E-state index in [0.717, 1.165) is 42.2 Å². The van der Waals surface area contributed by atoms with E-state index in [1.54, 1.807) is 14.2 Å². The summed E-state index contributed by atoms with van der Waals surface area (Å²) >= 11 is 0. The van der Waals surface area contributed by atoms with Crippen LogP contribution in [0.3, 0.4) is 0 Å². The quantitative estimate of drug-likeness (QED) is 0.839. The first-order valence-electron chi connectivity index (χ1n) is 7.84. The van der Waals surface area contributed by atoms with E-state index < -0.39 is 0 Å². The molecule has 2 aromatic rings. The van der Waals surface area contributed by atoms with Gasteiger partial charge in [0.1, 0.15) is 11.5 Å². The van der Waals surface area contributed by atoms with Gasteiger partial charge in [-0.25, -0.2) is 0 Å². The number of hydrogen-bond donors (Lipinski definition) is 0. The minimum Gasteiger partial charge on any atom is -0.497 e. The molecule has 0 saturated heterocycles. The monoisotopic (exact) mass is 307 g/mol. The summed E-state index contributed by atoms with van der Waals surface area (Å²) in [6, 6.07) is 16.3. The van der Waals surface area contributed by atoms with Crippen LogP contribution >= 0.6 is 0 Å². The Morgan fingerprint density at radius 1 is 1.00 bits per heavy atom. The normalized spacial score (nSPS) is 16.1. The van der Waals surface area contributed by atoms with Crippen molar-refractivity contribution in [2.24, 2.45) is 4.99 Å². The van der Waals surface area contributed by atoms with Crippen molar-refractivity contribution in [3.63, 3.8) is 0 Å². The van der Waals surface area contributed by atoms with Crippen LogP contribution in [0.5, 0.6) is 11.5 Å². The highest BCUT2D eigenvalue weighted by molar-refractivity contribution is 6.15. The van der Waals surface area contributed by atoms with Crippen molar-refractivity contribution >= 4 is 11.8 Å². The number of nitrogens with zero attached hydrogens (tertiary/aromatic N) is 1. The molecule has 23 heavy (non-hydrogen) atoms. The van der Waals surface area contributed by atoms with Gasteiger partial charge in [-0.15, -0.1) is 0 Å². The van der Waals surface area contributed by atoms with Crippen LogP contribution in [0.2, 0.25) is 0 Å². The third kappa shape index (κ3) is 3.45. The topological polar surface area (TPSA) is 30.8 Å². The molecular weight excluding hydrogens is 286 g/mol. The van der Waals surface area contributed by atoms with Gasteiger partial charge in [-0.2, -0.15) is 0 Å². The van der Waals surface area contributed by atoms with Crippen LogP contribution in [-0.2, 0) is 0 Å². The lowest BCUT2D eigenvalue weighted by Crippen LogP contribution is -2.11. The highest BCUT2D eigenvalue weighted by Crippen LogP contribution is 2.29. The maximum absolute atomic E-state index is 5.51. The molecule has 0 fully saturated rings. The van der Waals surface area contributed by atoms with Crippen LogP contribution in [0, 0.1) is 0 Å². The van der Waals surface area contributed by atoms with Gasteiger partial charge in [-0.05, 0) is 42.2 Å². The lowest BCUT2D eigenvalue weighted by atomic mass is 9.94. The molecule has 1 aliphatic heterocycles. The van der Waals surface area contributed by atoms with Crippen LogP contribution in [0.15, 0.2) is 59.1 Å². The zero-order valence-electron chi connectivity index (χ0n) is 13.6. The Kier molecular flexibility index (Phi) is 4.77. The Morgan fingerprint density at radius 2 is 1.83 bits per heavy atom. The Morgan fingerprint density at radius 3 is 2.57 bits per heavy atom. The Hall–Kier alpha value is -2.55. The van der Waals surface area contributed by atoms with Gasteiger partial charge in [-0.1, -0.05) is 30.3 Å². The summed E-state index contributed by atoms with van der Waals surface area (Å²) in [7, 11) is 3.35. The molecule has 3 heteroatoms. The van der Waals surface area contributed by atoms with E-state index in [1.165, 1.54) is 11.1 Å². The molecule has 0 saturated carbocycles. The van der Waals surface area contributed by atoms with Crippen molar-refractivity contribution < 1.29 is 9.47 Å². The molecule has 0 spiro atoms. The molecule has 0 aliphatic carbocycles. The minimum atomic E-state index is 0.796. The lowest BCUT2D eigenvalue weighted by Gasteiger charge is -2.17. The van der Waals surface area contributed by atoms with Crippen LogP contribution in [0.4, 0.5) is 0 Å². The van der Waals surface area contributed by atoms with E-state index >= 15 is 0 Å². The summed E-state index contributed by atoms with van der Waals surface area (Å²) in [5, 5.41) is 0. The van der Waals surface area contributed by atoms with Crippen LogP contribution in [0.25, 0.3) is 6.08 Å². The number of aliphatic imine (C=N–C) groups is 1. The summed E-state index contributed by atoms with van der Waals surface area (Å²) in [5.41, 5.74) is 4.57. The van der Waals surface area contributed by atoms with Crippen molar-refractivity contribution in [3.05, 3.63) is 65.2 Å². The number of rotatable bonds is 4. The predicted molar refractivity (Wildman–Crippen MR) is 94.6 cm³/mol. The third-order valence-electron chi connectivity index (χ3n) is 4.00. The molecule has 3 rings (SSSR count). The maximum atomic E-state index is 5.51. The third-order valence-corrected chi connectivity index (χ3v) is 4.00. The zero-order valence-corrected chi connectivity index (χ0v) is 13.6. The smallest absolute Gasteiger partial charge is 0.129 e. The molecule has 0 aromatic heterocycles. The lowest BCUT2D eigenvalue weighted by molar-refractivity contribution is 0.393. The van der Waals surface area contributed by atoms with Gasteiger partial charge in [0, 0.05) is 18.2 Å². The second-order valence-corrected chi connectivity index (χ2v) is 5.48. The molecule has 0 unspecified atom stereocenters. The minimum absolute atomic E-state index is 0.796. The van der Waals surface area contributed by atoms with E-state index in [0.29, 0.717) is 0 Å². The summed E-state index contributed by atoms with van der Waals surface area (Å²) < 4.78 is 10.8. The molecule has 0 N–H and O–H groups in total. The van der Waals surface area contributed by atoms with E-state index in [2.05, 4.69) is 30.3 Å². The highest BCUT2D eigenvalue weighted by Gasteiger charge is 2.15. The average Bonchev–Trinajstić information content (AvgIpc) is 2.63. The molecule has 1 aliphatic rings. The van der Waals surface area contributed by atoms with Crippen molar-refractivity contribution in [2.45, 2.75) is 12.8 Å². The van der Waals surface area contributed by atoms with E-state index in [1.807, 2.05) is 24.3 Å². The molecule has 1 heterocycles. The number of hydrogen-bond acceptors (Lipinski definition) is 3. The van der Waals surface area contributed by atoms with Crippen LogP contribution in [0.1, 0.15) is 24.0 Å². The summed E-state index contributed by atoms with van der Waals surface area (Å²) in [4.78, 5) is 4.75. The first kappa shape index (κ1) is 15.3. The number of ether oxygens (including phenoxy) is 2. The largest absolute Gasteiger partial charge is 0.497 e. The summed E-state index contributed by atoms with van der Waals surface area (Å²) in [5.74, 6) is 1.61. The fourth-order valence-corrected chi connectivity index (χ4v) is 2.82. The molecule has 0 radical (unpaired) electrons. The van der Waals surface area contributed by atoms with Crippen LogP contribution < -0.4 is 9.47 Å². The Labute approximate surface area is 137 Å². The molecule has 2 aromatic carbocycles. The molecule has 118 valence electrons. The average molecular weight is 307 g/mol. The van der Waals surface area contributed by atoms with Gasteiger partial charge in [-0.3, -0.25) is 4.99 Å². The number of allylic oxidation sites excluding steroid dienone is 1. The van der Waals surface area contributed by atoms with E-state index in [9.17, 15) is 0 Å². The molecule has 0 atom stereocenters. The molecule has 0 bridgehead atoms. The van der Waals surface area contributed by atoms with Crippen LogP contribution in [-0.4, -0.2) is 26.5 Å². The van der Waals surface area contributed by atoms with Crippen molar-refractivity contribution in [1.82, 2.24) is 0 Å². The van der Waals surface area contributed by atoms with Crippen molar-refractivity contribution in [1.29, 1.82) is 0 Å². The van der Waals surface area contributed by atoms with Gasteiger partial charge in [0.2, 0.25) is 0 Å². The maximum Gasteiger partial charge on any atom is 0.129 e. The second kappa shape index (κ2) is 7.14. The van der Waals surface area contributed by atoms with Gasteiger partial charge in [0.05, 0.1) is 19.9 Å². The van der Waals surface area contributed by atoms with Gasteiger partial charge in [0.25, 0.3) is 0 Å². The fourth-order valence-electron chi connectivity index (χ4n) is 2.82. The number of methoxy groups -OCH3 is 2. The van der Waals surface area contributed by atoms with Crippen molar-refractivity contribution in [2.75, 3.05) is 20.8 Å². The SMILES string of the molecule is COc1ccc(C=C2CCCN=C2c2ccccc2)c(OC)c1. The molecular formula is C20H21NO2. The zero-order chi connectivity index (χ0) is 16.1. The van der Waals surface area contributed by atoms with E-state index in [-0.39, 0.29) is 0 Å². The molecule has 0 amide bonds. The Bertz CT molecular complexity index is 733. The predicted octanol–water partition coefficient (Wildman–Crippen LogP) is 4.37. The van der Waals surface area contributed by atoms with Crippen molar-refractivity contribution in [3.8, 4) is 11.5 Å². The first-order chi connectivity index (χ1) is 11.3. The van der Waals surface area contributed by atoms with Gasteiger partial charge >= 0.3 is 0 Å². The standard InChI is InChI=1S/C20H21NO2/c1-22-18-11-10-16(19(14-18)23-2)13-17-9-6-12-21-20(17)15-7-4-3-5-8-15/h3-5,7-8,10-11,13-14H,6,9,12H2,1-2H3. The fraction of sp³-hybridized carbons (Fsp3) is 0.250. The Balaban J connectivity index is 2.00. The van der Waals surface area contributed by atoms with E-state index in [4.69, 9.17) is 14.5 Å². The highest BCUT2D eigenvalue weighted by atomic mass is 16.5. The summed E-state index contributed by atoms with van der Waals surface area (Å²) in [6.45, 7) is 0.890. The van der Waals surface area contributed by atoms with Gasteiger partial charge < -0.3 is 9.47 Å². The number of benzene rings is 2.